The Hall–Kier alpha value is -1.99. The van der Waals surface area contributed by atoms with E-state index >= 15 is 0 Å². The molecule has 1 aromatic rings. The first-order valence-electron chi connectivity index (χ1n) is 6.75. The minimum absolute atomic E-state index is 0.273. The number of carbonyl (C=O) groups is 1. The Morgan fingerprint density at radius 2 is 2.30 bits per heavy atom. The predicted octanol–water partition coefficient (Wildman–Crippen LogP) is 2.29. The van der Waals surface area contributed by atoms with E-state index in [1.54, 1.807) is 13.1 Å². The second-order valence-corrected chi connectivity index (χ2v) is 4.72. The van der Waals surface area contributed by atoms with Crippen molar-refractivity contribution in [3.05, 3.63) is 29.8 Å². The molecule has 1 N–H and O–H groups in total. The van der Waals surface area contributed by atoms with E-state index in [4.69, 9.17) is 11.2 Å². The molecule has 20 heavy (non-hydrogen) atoms. The third kappa shape index (κ3) is 5.33. The van der Waals surface area contributed by atoms with Gasteiger partial charge in [-0.3, -0.25) is 0 Å². The van der Waals surface area contributed by atoms with E-state index in [0.29, 0.717) is 18.8 Å². The Labute approximate surface area is 121 Å². The van der Waals surface area contributed by atoms with Gasteiger partial charge in [-0.05, 0) is 38.0 Å². The van der Waals surface area contributed by atoms with Crippen molar-refractivity contribution >= 4 is 6.09 Å². The molecule has 1 aromatic carbocycles. The van der Waals surface area contributed by atoms with Gasteiger partial charge in [0.05, 0.1) is 6.54 Å². The van der Waals surface area contributed by atoms with E-state index in [9.17, 15) is 4.79 Å². The standard InChI is InChI=1S/C16H22N2O2/c1-5-10-17-13(3)11-14-8-7-9-15(12-14)20-16(19)18(4)6-2/h1,7-9,12-13,17H,6,10-11H2,2-4H3/t13-/m0/s1. The lowest BCUT2D eigenvalue weighted by Gasteiger charge is -2.15. The van der Waals surface area contributed by atoms with Crippen LogP contribution in [0.15, 0.2) is 24.3 Å². The summed E-state index contributed by atoms with van der Waals surface area (Å²) < 4.78 is 5.30. The molecule has 108 valence electrons. The molecule has 0 saturated heterocycles. The van der Waals surface area contributed by atoms with E-state index < -0.39 is 0 Å². The zero-order valence-corrected chi connectivity index (χ0v) is 12.3. The molecule has 0 aliphatic heterocycles. The molecule has 0 aliphatic rings. The van der Waals surface area contributed by atoms with Crippen LogP contribution in [0.1, 0.15) is 19.4 Å². The molecular weight excluding hydrogens is 252 g/mol. The van der Waals surface area contributed by atoms with Gasteiger partial charge in [-0.15, -0.1) is 6.42 Å². The first-order valence-corrected chi connectivity index (χ1v) is 6.75. The second kappa shape index (κ2) is 8.23. The van der Waals surface area contributed by atoms with Crippen LogP contribution in [0.25, 0.3) is 0 Å². The van der Waals surface area contributed by atoms with Gasteiger partial charge in [-0.25, -0.2) is 4.79 Å². The minimum Gasteiger partial charge on any atom is -0.410 e. The van der Waals surface area contributed by atoms with Crippen molar-refractivity contribution in [1.82, 2.24) is 10.2 Å². The molecule has 0 saturated carbocycles. The zero-order valence-electron chi connectivity index (χ0n) is 12.3. The van der Waals surface area contributed by atoms with Gasteiger partial charge in [-0.2, -0.15) is 0 Å². The fraction of sp³-hybridized carbons (Fsp3) is 0.438. The van der Waals surface area contributed by atoms with Crippen LogP contribution in [0.4, 0.5) is 4.79 Å². The van der Waals surface area contributed by atoms with Crippen molar-refractivity contribution in [3.8, 4) is 18.1 Å². The third-order valence-electron chi connectivity index (χ3n) is 2.98. The molecule has 0 fully saturated rings. The quantitative estimate of drug-likeness (QED) is 0.809. The Kier molecular flexibility index (Phi) is 6.61. The van der Waals surface area contributed by atoms with E-state index in [1.807, 2.05) is 25.1 Å². The van der Waals surface area contributed by atoms with Gasteiger partial charge < -0.3 is 15.0 Å². The number of carbonyl (C=O) groups excluding carboxylic acids is 1. The number of hydrogen-bond donors (Lipinski definition) is 1. The van der Waals surface area contributed by atoms with Crippen molar-refractivity contribution in [2.75, 3.05) is 20.1 Å². The number of benzene rings is 1. The summed E-state index contributed by atoms with van der Waals surface area (Å²) in [5.41, 5.74) is 1.10. The Bertz CT molecular complexity index is 480. The lowest BCUT2D eigenvalue weighted by atomic mass is 10.1. The van der Waals surface area contributed by atoms with Crippen molar-refractivity contribution in [1.29, 1.82) is 0 Å². The van der Waals surface area contributed by atoms with Crippen molar-refractivity contribution in [2.45, 2.75) is 26.3 Å². The summed E-state index contributed by atoms with van der Waals surface area (Å²) in [6, 6.07) is 7.84. The first-order chi connectivity index (χ1) is 9.56. The molecule has 4 nitrogen and oxygen atoms in total. The van der Waals surface area contributed by atoms with E-state index in [1.165, 1.54) is 4.90 Å². The van der Waals surface area contributed by atoms with Crippen LogP contribution in [-0.2, 0) is 6.42 Å². The molecule has 0 aromatic heterocycles. The van der Waals surface area contributed by atoms with E-state index in [0.717, 1.165) is 12.0 Å². The molecule has 1 rings (SSSR count). The summed E-state index contributed by atoms with van der Waals surface area (Å²) in [5, 5.41) is 3.22. The normalized spacial score (nSPS) is 11.5. The lowest BCUT2D eigenvalue weighted by molar-refractivity contribution is 0.165. The summed E-state index contributed by atoms with van der Waals surface area (Å²) in [6.45, 7) is 5.14. The highest BCUT2D eigenvalue weighted by Crippen LogP contribution is 2.15. The first kappa shape index (κ1) is 16.1. The van der Waals surface area contributed by atoms with Crippen molar-refractivity contribution in [3.63, 3.8) is 0 Å². The van der Waals surface area contributed by atoms with Crippen LogP contribution >= 0.6 is 0 Å². The molecule has 1 amide bonds. The van der Waals surface area contributed by atoms with Gasteiger partial charge >= 0.3 is 6.09 Å². The number of terminal acetylenes is 1. The Balaban J connectivity index is 2.62. The van der Waals surface area contributed by atoms with Gasteiger partial charge in [0.15, 0.2) is 0 Å². The van der Waals surface area contributed by atoms with E-state index in [2.05, 4.69) is 18.2 Å². The average molecular weight is 274 g/mol. The molecule has 0 unspecified atom stereocenters. The van der Waals surface area contributed by atoms with Crippen LogP contribution in [0.2, 0.25) is 0 Å². The van der Waals surface area contributed by atoms with Crippen molar-refractivity contribution in [2.24, 2.45) is 0 Å². The minimum atomic E-state index is -0.344. The van der Waals surface area contributed by atoms with Crippen LogP contribution < -0.4 is 10.1 Å². The van der Waals surface area contributed by atoms with Crippen LogP contribution in [0, 0.1) is 12.3 Å². The maximum atomic E-state index is 11.7. The number of hydrogen-bond acceptors (Lipinski definition) is 3. The van der Waals surface area contributed by atoms with Crippen LogP contribution in [0.3, 0.4) is 0 Å². The molecule has 4 heteroatoms. The Morgan fingerprint density at radius 1 is 1.55 bits per heavy atom. The molecule has 1 atom stereocenters. The molecular formula is C16H22N2O2. The van der Waals surface area contributed by atoms with Gasteiger partial charge in [0.1, 0.15) is 5.75 Å². The van der Waals surface area contributed by atoms with Gasteiger partial charge in [0, 0.05) is 19.6 Å². The van der Waals surface area contributed by atoms with Crippen LogP contribution in [-0.4, -0.2) is 37.2 Å². The summed E-state index contributed by atoms with van der Waals surface area (Å²) in [6.07, 6.45) is 5.70. The molecule has 0 bridgehead atoms. The number of amides is 1. The molecule has 0 radical (unpaired) electrons. The van der Waals surface area contributed by atoms with Gasteiger partial charge in [0.25, 0.3) is 0 Å². The number of ether oxygens (including phenoxy) is 1. The third-order valence-corrected chi connectivity index (χ3v) is 2.98. The lowest BCUT2D eigenvalue weighted by Crippen LogP contribution is -2.29. The van der Waals surface area contributed by atoms with Crippen LogP contribution in [0.5, 0.6) is 5.75 Å². The fourth-order valence-corrected chi connectivity index (χ4v) is 1.70. The maximum Gasteiger partial charge on any atom is 0.414 e. The average Bonchev–Trinajstić information content (AvgIpc) is 2.44. The highest BCUT2D eigenvalue weighted by atomic mass is 16.6. The summed E-state index contributed by atoms with van der Waals surface area (Å²) >= 11 is 0. The zero-order chi connectivity index (χ0) is 15.0. The summed E-state index contributed by atoms with van der Waals surface area (Å²) in [5.74, 6) is 3.12. The number of nitrogens with zero attached hydrogens (tertiary/aromatic N) is 1. The number of nitrogens with one attached hydrogen (secondary N) is 1. The topological polar surface area (TPSA) is 41.6 Å². The monoisotopic (exact) mass is 274 g/mol. The molecule has 0 aliphatic carbocycles. The summed E-state index contributed by atoms with van der Waals surface area (Å²) in [4.78, 5) is 13.2. The second-order valence-electron chi connectivity index (χ2n) is 4.72. The van der Waals surface area contributed by atoms with E-state index in [-0.39, 0.29) is 12.1 Å². The number of rotatable bonds is 6. The fourth-order valence-electron chi connectivity index (χ4n) is 1.70. The van der Waals surface area contributed by atoms with Gasteiger partial charge in [0.2, 0.25) is 0 Å². The molecule has 0 spiro atoms. The summed E-state index contributed by atoms with van der Waals surface area (Å²) in [7, 11) is 1.71. The SMILES string of the molecule is C#CCN[C@@H](C)Cc1cccc(OC(=O)N(C)CC)c1. The van der Waals surface area contributed by atoms with Gasteiger partial charge in [-0.1, -0.05) is 18.1 Å². The smallest absolute Gasteiger partial charge is 0.410 e. The predicted molar refractivity (Wildman–Crippen MR) is 80.8 cm³/mol. The highest BCUT2D eigenvalue weighted by Gasteiger charge is 2.10. The molecule has 0 heterocycles. The highest BCUT2D eigenvalue weighted by molar-refractivity contribution is 5.70. The largest absolute Gasteiger partial charge is 0.414 e. The maximum absolute atomic E-state index is 11.7. The van der Waals surface area contributed by atoms with Crippen molar-refractivity contribution < 1.29 is 9.53 Å². The Morgan fingerprint density at radius 3 is 2.95 bits per heavy atom.